The monoisotopic (exact) mass is 273 g/mol. The van der Waals surface area contributed by atoms with Gasteiger partial charge in [-0.05, 0) is 29.8 Å². The maximum Gasteiger partial charge on any atom is 0.573 e. The molecule has 2 rings (SSSR count). The normalized spacial score (nSPS) is 11.4. The molecule has 0 fully saturated rings. The lowest BCUT2D eigenvalue weighted by Crippen LogP contribution is -2.17. The van der Waals surface area contributed by atoms with Gasteiger partial charge in [0.25, 0.3) is 0 Å². The molecule has 0 amide bonds. The van der Waals surface area contributed by atoms with Crippen molar-refractivity contribution >= 4 is 0 Å². The molecule has 0 aliphatic rings. The lowest BCUT2D eigenvalue weighted by atomic mass is 10.0. The van der Waals surface area contributed by atoms with Gasteiger partial charge in [-0.25, -0.2) is 8.78 Å². The molecule has 6 heteroatoms. The van der Waals surface area contributed by atoms with Crippen molar-refractivity contribution in [3.05, 3.63) is 54.1 Å². The van der Waals surface area contributed by atoms with Crippen LogP contribution in [0.5, 0.6) is 5.75 Å². The fraction of sp³-hybridized carbons (Fsp3) is 0.0769. The molecule has 0 spiro atoms. The molecule has 0 aliphatic heterocycles. The molecule has 19 heavy (non-hydrogen) atoms. The Morgan fingerprint density at radius 3 is 2.21 bits per heavy atom. The lowest BCUT2D eigenvalue weighted by Gasteiger charge is -2.10. The molecule has 0 saturated heterocycles. The van der Waals surface area contributed by atoms with E-state index < -0.39 is 29.3 Å². The van der Waals surface area contributed by atoms with Crippen molar-refractivity contribution in [2.45, 2.75) is 6.36 Å². The minimum atomic E-state index is -4.89. The second-order valence-corrected chi connectivity index (χ2v) is 3.59. The fourth-order valence-electron chi connectivity index (χ4n) is 1.56. The van der Waals surface area contributed by atoms with Crippen LogP contribution in [0, 0.1) is 17.7 Å². The van der Waals surface area contributed by atoms with Crippen molar-refractivity contribution in [1.29, 1.82) is 0 Å². The predicted molar refractivity (Wildman–Crippen MR) is 57.3 cm³/mol. The van der Waals surface area contributed by atoms with Gasteiger partial charge in [0.15, 0.2) is 0 Å². The highest BCUT2D eigenvalue weighted by Crippen LogP contribution is 2.30. The highest BCUT2D eigenvalue weighted by atomic mass is 19.4. The molecule has 0 N–H and O–H groups in total. The maximum absolute atomic E-state index is 13.5. The zero-order valence-electron chi connectivity index (χ0n) is 9.26. The second kappa shape index (κ2) is 4.87. The van der Waals surface area contributed by atoms with E-state index >= 15 is 0 Å². The van der Waals surface area contributed by atoms with E-state index in [9.17, 15) is 22.0 Å². The first kappa shape index (κ1) is 13.3. The molecule has 1 nitrogen and oxygen atoms in total. The van der Waals surface area contributed by atoms with Gasteiger partial charge in [0.05, 0.1) is 5.56 Å². The van der Waals surface area contributed by atoms with E-state index in [1.54, 1.807) is 0 Å². The predicted octanol–water partition coefficient (Wildman–Crippen LogP) is 4.33. The Balaban J connectivity index is 2.44. The summed E-state index contributed by atoms with van der Waals surface area (Å²) in [6.07, 6.45) is -4.89. The van der Waals surface area contributed by atoms with Gasteiger partial charge in [-0.3, -0.25) is 0 Å². The molecular formula is C13H6F5O. The third-order valence-electron chi connectivity index (χ3n) is 2.25. The van der Waals surface area contributed by atoms with Crippen LogP contribution in [0.15, 0.2) is 36.4 Å². The first-order chi connectivity index (χ1) is 8.87. The zero-order valence-corrected chi connectivity index (χ0v) is 9.26. The Morgan fingerprint density at radius 1 is 1.00 bits per heavy atom. The Labute approximate surface area is 105 Å². The van der Waals surface area contributed by atoms with E-state index in [1.165, 1.54) is 6.07 Å². The van der Waals surface area contributed by atoms with E-state index in [-0.39, 0.29) is 5.56 Å². The highest BCUT2D eigenvalue weighted by molar-refractivity contribution is 5.66. The van der Waals surface area contributed by atoms with Crippen molar-refractivity contribution in [2.75, 3.05) is 0 Å². The summed E-state index contributed by atoms with van der Waals surface area (Å²) in [7, 11) is 0. The summed E-state index contributed by atoms with van der Waals surface area (Å²) in [6.45, 7) is 0. The summed E-state index contributed by atoms with van der Waals surface area (Å²) in [4.78, 5) is 0. The summed E-state index contributed by atoms with van der Waals surface area (Å²) >= 11 is 0. The number of halogens is 5. The molecule has 0 aromatic heterocycles. The van der Waals surface area contributed by atoms with Crippen LogP contribution in [0.2, 0.25) is 0 Å². The molecule has 0 atom stereocenters. The average Bonchev–Trinajstić information content (AvgIpc) is 2.26. The van der Waals surface area contributed by atoms with Crippen molar-refractivity contribution in [1.82, 2.24) is 0 Å². The van der Waals surface area contributed by atoms with Crippen molar-refractivity contribution in [3.63, 3.8) is 0 Å². The smallest absolute Gasteiger partial charge is 0.405 e. The average molecular weight is 273 g/mol. The Bertz CT molecular complexity index is 572. The van der Waals surface area contributed by atoms with E-state index in [2.05, 4.69) is 10.8 Å². The molecule has 2 aromatic rings. The minimum absolute atomic E-state index is 0.0615. The molecule has 0 aliphatic carbocycles. The van der Waals surface area contributed by atoms with Gasteiger partial charge in [-0.2, -0.15) is 0 Å². The summed E-state index contributed by atoms with van der Waals surface area (Å²) in [5.41, 5.74) is -0.475. The highest BCUT2D eigenvalue weighted by Gasteiger charge is 2.31. The van der Waals surface area contributed by atoms with Crippen LogP contribution in [-0.4, -0.2) is 6.36 Å². The van der Waals surface area contributed by atoms with E-state index in [0.29, 0.717) is 0 Å². The first-order valence-electron chi connectivity index (χ1n) is 5.09. The number of hydrogen-bond donors (Lipinski definition) is 0. The zero-order chi connectivity index (χ0) is 14.0. The molecular weight excluding hydrogens is 267 g/mol. The standard InChI is InChI=1S/C13H6F5O/c14-10-5-2-6-11(15)12(10)8-3-1-4-9(7-8)19-13(16,17)18/h1-3,5-7H. The van der Waals surface area contributed by atoms with Gasteiger partial charge in [-0.1, -0.05) is 12.1 Å². The first-order valence-corrected chi connectivity index (χ1v) is 5.09. The van der Waals surface area contributed by atoms with Crippen LogP contribution in [0.4, 0.5) is 22.0 Å². The molecule has 0 bridgehead atoms. The van der Waals surface area contributed by atoms with Crippen LogP contribution in [0.1, 0.15) is 0 Å². The van der Waals surface area contributed by atoms with Gasteiger partial charge in [0, 0.05) is 6.07 Å². The number of benzene rings is 2. The number of ether oxygens (including phenoxy) is 1. The Hall–Kier alpha value is -2.11. The molecule has 0 heterocycles. The van der Waals surface area contributed by atoms with E-state index in [4.69, 9.17) is 0 Å². The molecule has 1 radical (unpaired) electrons. The lowest BCUT2D eigenvalue weighted by molar-refractivity contribution is -0.274. The summed E-state index contributed by atoms with van der Waals surface area (Å²) in [5, 5.41) is 0. The van der Waals surface area contributed by atoms with Gasteiger partial charge in [0.1, 0.15) is 17.4 Å². The third-order valence-corrected chi connectivity index (χ3v) is 2.25. The van der Waals surface area contributed by atoms with Crippen LogP contribution in [-0.2, 0) is 0 Å². The summed E-state index contributed by atoms with van der Waals surface area (Å²) < 4.78 is 66.8. The van der Waals surface area contributed by atoms with Crippen LogP contribution >= 0.6 is 0 Å². The summed E-state index contributed by atoms with van der Waals surface area (Å²) in [6, 6.07) is 8.59. The maximum atomic E-state index is 13.5. The van der Waals surface area contributed by atoms with Gasteiger partial charge in [-0.15, -0.1) is 13.2 Å². The number of hydrogen-bond acceptors (Lipinski definition) is 1. The van der Waals surface area contributed by atoms with Gasteiger partial charge in [0.2, 0.25) is 0 Å². The van der Waals surface area contributed by atoms with Crippen molar-refractivity contribution in [2.24, 2.45) is 0 Å². The molecule has 0 unspecified atom stereocenters. The quantitative estimate of drug-likeness (QED) is 0.740. The van der Waals surface area contributed by atoms with Crippen LogP contribution in [0.25, 0.3) is 11.1 Å². The fourth-order valence-corrected chi connectivity index (χ4v) is 1.56. The topological polar surface area (TPSA) is 9.23 Å². The third kappa shape index (κ3) is 3.21. The van der Waals surface area contributed by atoms with Crippen molar-refractivity contribution < 1.29 is 26.7 Å². The summed E-state index contributed by atoms with van der Waals surface area (Å²) in [5.74, 6) is -2.40. The van der Waals surface area contributed by atoms with Crippen LogP contribution in [0.3, 0.4) is 0 Å². The minimum Gasteiger partial charge on any atom is -0.405 e. The molecule has 2 aromatic carbocycles. The van der Waals surface area contributed by atoms with E-state index in [1.807, 2.05) is 0 Å². The van der Waals surface area contributed by atoms with Gasteiger partial charge < -0.3 is 4.74 Å². The van der Waals surface area contributed by atoms with E-state index in [0.717, 1.165) is 30.3 Å². The van der Waals surface area contributed by atoms with Crippen molar-refractivity contribution in [3.8, 4) is 16.9 Å². The van der Waals surface area contributed by atoms with Gasteiger partial charge >= 0.3 is 6.36 Å². The Morgan fingerprint density at radius 2 is 1.63 bits per heavy atom. The number of alkyl halides is 3. The second-order valence-electron chi connectivity index (χ2n) is 3.59. The molecule has 0 saturated carbocycles. The largest absolute Gasteiger partial charge is 0.573 e. The van der Waals surface area contributed by atoms with Crippen LogP contribution < -0.4 is 4.74 Å². The number of rotatable bonds is 2. The SMILES string of the molecule is Fc1cccc(F)c1-c1cc[c]c(OC(F)(F)F)c1. The Kier molecular flexibility index (Phi) is 3.42. The molecule has 99 valence electrons.